The predicted molar refractivity (Wildman–Crippen MR) is 36.1 cm³/mol. The maximum Gasteiger partial charge on any atom is 0.296 e. The Labute approximate surface area is 59.1 Å². The second-order valence-electron chi connectivity index (χ2n) is 2.24. The van der Waals surface area contributed by atoms with Gasteiger partial charge in [0, 0.05) is 11.3 Å². The molecule has 0 saturated heterocycles. The van der Waals surface area contributed by atoms with Crippen LogP contribution in [0.2, 0.25) is 0 Å². The number of nitrogens with one attached hydrogen (secondary N) is 1. The van der Waals surface area contributed by atoms with E-state index in [2.05, 4.69) is 5.32 Å². The zero-order chi connectivity index (χ0) is 7.72. The lowest BCUT2D eigenvalue weighted by Gasteiger charge is -1.94. The maximum atomic E-state index is 10.8. The molecule has 1 amide bonds. The molecule has 1 heterocycles. The van der Waals surface area contributed by atoms with E-state index >= 15 is 0 Å². The number of rotatable bonds is 1. The van der Waals surface area contributed by atoms with Gasteiger partial charge in [-0.05, 0) is 13.3 Å². The molecule has 0 aromatic rings. The van der Waals surface area contributed by atoms with Crippen LogP contribution < -0.4 is 5.32 Å². The molecule has 0 aromatic heterocycles. The smallest absolute Gasteiger partial charge is 0.296 e. The highest BCUT2D eigenvalue weighted by atomic mass is 16.2. The van der Waals surface area contributed by atoms with Gasteiger partial charge in [-0.1, -0.05) is 6.92 Å². The van der Waals surface area contributed by atoms with Gasteiger partial charge in [0.2, 0.25) is 5.78 Å². The first kappa shape index (κ1) is 6.99. The van der Waals surface area contributed by atoms with Crippen molar-refractivity contribution in [2.75, 3.05) is 0 Å². The second kappa shape index (κ2) is 2.25. The highest BCUT2D eigenvalue weighted by Crippen LogP contribution is 2.12. The first-order chi connectivity index (χ1) is 4.66. The average Bonchev–Trinajstić information content (AvgIpc) is 2.17. The lowest BCUT2D eigenvalue weighted by atomic mass is 10.2. The molecule has 0 bridgehead atoms. The SMILES string of the molecule is CCC1=C(C)C(=O)C(=O)N1. The van der Waals surface area contributed by atoms with Gasteiger partial charge < -0.3 is 5.32 Å². The minimum atomic E-state index is -0.491. The molecule has 54 valence electrons. The topological polar surface area (TPSA) is 46.2 Å². The molecule has 1 N–H and O–H groups in total. The van der Waals surface area contributed by atoms with E-state index in [0.717, 1.165) is 5.70 Å². The Morgan fingerprint density at radius 1 is 1.40 bits per heavy atom. The monoisotopic (exact) mass is 139 g/mol. The molecule has 10 heavy (non-hydrogen) atoms. The quantitative estimate of drug-likeness (QED) is 0.533. The van der Waals surface area contributed by atoms with Crippen molar-refractivity contribution in [2.45, 2.75) is 20.3 Å². The molecule has 0 radical (unpaired) electrons. The molecule has 0 spiro atoms. The number of hydrogen-bond donors (Lipinski definition) is 1. The third kappa shape index (κ3) is 0.835. The summed E-state index contributed by atoms with van der Waals surface area (Å²) in [5, 5.41) is 2.49. The van der Waals surface area contributed by atoms with Crippen molar-refractivity contribution >= 4 is 11.7 Å². The zero-order valence-electron chi connectivity index (χ0n) is 6.02. The minimum Gasteiger partial charge on any atom is -0.322 e. The van der Waals surface area contributed by atoms with Gasteiger partial charge in [0.25, 0.3) is 5.91 Å². The van der Waals surface area contributed by atoms with Gasteiger partial charge in [0.15, 0.2) is 0 Å². The van der Waals surface area contributed by atoms with E-state index in [9.17, 15) is 9.59 Å². The number of ketones is 1. The zero-order valence-corrected chi connectivity index (χ0v) is 6.02. The number of carbonyl (C=O) groups excluding carboxylic acids is 2. The van der Waals surface area contributed by atoms with Crippen molar-refractivity contribution in [1.82, 2.24) is 5.32 Å². The lowest BCUT2D eigenvalue weighted by Crippen LogP contribution is -2.20. The highest BCUT2D eigenvalue weighted by molar-refractivity contribution is 6.45. The first-order valence-corrected chi connectivity index (χ1v) is 3.22. The molecule has 1 rings (SSSR count). The average molecular weight is 139 g/mol. The largest absolute Gasteiger partial charge is 0.322 e. The van der Waals surface area contributed by atoms with Gasteiger partial charge in [-0.3, -0.25) is 9.59 Å². The number of carbonyl (C=O) groups is 2. The molecule has 1 aliphatic heterocycles. The Hall–Kier alpha value is -1.12. The summed E-state index contributed by atoms with van der Waals surface area (Å²) in [4.78, 5) is 21.5. The Morgan fingerprint density at radius 2 is 2.00 bits per heavy atom. The summed E-state index contributed by atoms with van der Waals surface area (Å²) in [6, 6.07) is 0. The molecule has 0 saturated carbocycles. The molecule has 3 heteroatoms. The predicted octanol–water partition coefficient (Wildman–Crippen LogP) is 0.369. The van der Waals surface area contributed by atoms with Crippen LogP contribution in [0.25, 0.3) is 0 Å². The summed E-state index contributed by atoms with van der Waals surface area (Å²) in [6.45, 7) is 3.57. The summed E-state index contributed by atoms with van der Waals surface area (Å²) in [6.07, 6.45) is 0.712. The molecule has 0 aliphatic carbocycles. The summed E-state index contributed by atoms with van der Waals surface area (Å²) in [5.74, 6) is -0.883. The van der Waals surface area contributed by atoms with Gasteiger partial charge in [-0.25, -0.2) is 0 Å². The Balaban J connectivity index is 2.94. The van der Waals surface area contributed by atoms with Crippen molar-refractivity contribution < 1.29 is 9.59 Å². The maximum absolute atomic E-state index is 10.8. The Kier molecular flexibility index (Phi) is 1.57. The summed E-state index contributed by atoms with van der Waals surface area (Å²) >= 11 is 0. The van der Waals surface area contributed by atoms with Crippen LogP contribution in [0, 0.1) is 0 Å². The molecular weight excluding hydrogens is 130 g/mol. The molecule has 0 aromatic carbocycles. The van der Waals surface area contributed by atoms with Crippen LogP contribution in [0.4, 0.5) is 0 Å². The Bertz CT molecular complexity index is 228. The van der Waals surface area contributed by atoms with Crippen molar-refractivity contribution in [3.63, 3.8) is 0 Å². The number of amides is 1. The van der Waals surface area contributed by atoms with E-state index in [-0.39, 0.29) is 0 Å². The van der Waals surface area contributed by atoms with Crippen molar-refractivity contribution in [1.29, 1.82) is 0 Å². The highest BCUT2D eigenvalue weighted by Gasteiger charge is 2.25. The van der Waals surface area contributed by atoms with Gasteiger partial charge in [0.1, 0.15) is 0 Å². The fraction of sp³-hybridized carbons (Fsp3) is 0.429. The number of hydrogen-bond acceptors (Lipinski definition) is 2. The molecule has 0 unspecified atom stereocenters. The van der Waals surface area contributed by atoms with Crippen molar-refractivity contribution in [3.05, 3.63) is 11.3 Å². The van der Waals surface area contributed by atoms with Crippen LogP contribution in [0.3, 0.4) is 0 Å². The summed E-state index contributed by atoms with van der Waals surface area (Å²) in [5.41, 5.74) is 1.32. The summed E-state index contributed by atoms with van der Waals surface area (Å²) in [7, 11) is 0. The molecule has 3 nitrogen and oxygen atoms in total. The molecule has 0 atom stereocenters. The Morgan fingerprint density at radius 3 is 2.20 bits per heavy atom. The molecule has 0 fully saturated rings. The van der Waals surface area contributed by atoms with E-state index in [1.54, 1.807) is 6.92 Å². The fourth-order valence-electron chi connectivity index (χ4n) is 0.948. The van der Waals surface area contributed by atoms with E-state index in [0.29, 0.717) is 12.0 Å². The fourth-order valence-corrected chi connectivity index (χ4v) is 0.948. The molecule has 1 aliphatic rings. The van der Waals surface area contributed by atoms with Crippen LogP contribution in [0.5, 0.6) is 0 Å². The molecular formula is C7H9NO2. The normalized spacial score (nSPS) is 18.2. The minimum absolute atomic E-state index is 0.392. The van der Waals surface area contributed by atoms with E-state index < -0.39 is 11.7 Å². The van der Waals surface area contributed by atoms with E-state index in [4.69, 9.17) is 0 Å². The second-order valence-corrected chi connectivity index (χ2v) is 2.24. The number of allylic oxidation sites excluding steroid dienone is 1. The third-order valence-electron chi connectivity index (χ3n) is 1.62. The third-order valence-corrected chi connectivity index (χ3v) is 1.62. The van der Waals surface area contributed by atoms with Gasteiger partial charge >= 0.3 is 0 Å². The standard InChI is InChI=1S/C7H9NO2/c1-3-5-4(2)6(9)7(10)8-5/h3H2,1-2H3,(H,8,9,10). The van der Waals surface area contributed by atoms with Crippen LogP contribution >= 0.6 is 0 Å². The number of Topliss-reactive ketones (excluding diaryl/α,β-unsaturated/α-hetero) is 1. The van der Waals surface area contributed by atoms with Crippen LogP contribution in [0.15, 0.2) is 11.3 Å². The van der Waals surface area contributed by atoms with Crippen LogP contribution in [-0.2, 0) is 9.59 Å². The lowest BCUT2D eigenvalue weighted by molar-refractivity contribution is -0.134. The summed E-state index contributed by atoms with van der Waals surface area (Å²) < 4.78 is 0. The van der Waals surface area contributed by atoms with E-state index in [1.807, 2.05) is 6.92 Å². The first-order valence-electron chi connectivity index (χ1n) is 3.22. The van der Waals surface area contributed by atoms with Crippen LogP contribution in [0.1, 0.15) is 20.3 Å². The van der Waals surface area contributed by atoms with Gasteiger partial charge in [-0.15, -0.1) is 0 Å². The van der Waals surface area contributed by atoms with E-state index in [1.165, 1.54) is 0 Å². The van der Waals surface area contributed by atoms with Gasteiger partial charge in [-0.2, -0.15) is 0 Å². The van der Waals surface area contributed by atoms with Crippen molar-refractivity contribution in [2.24, 2.45) is 0 Å². The van der Waals surface area contributed by atoms with Gasteiger partial charge in [0.05, 0.1) is 0 Å². The van der Waals surface area contributed by atoms with Crippen molar-refractivity contribution in [3.8, 4) is 0 Å². The van der Waals surface area contributed by atoms with Crippen LogP contribution in [-0.4, -0.2) is 11.7 Å².